The van der Waals surface area contributed by atoms with Gasteiger partial charge in [0.1, 0.15) is 5.82 Å². The first kappa shape index (κ1) is 13.9. The normalized spacial score (nSPS) is 24.3. The smallest absolute Gasteiger partial charge is 0.146 e. The van der Waals surface area contributed by atoms with Gasteiger partial charge in [0, 0.05) is 10.5 Å². The zero-order chi connectivity index (χ0) is 13.1. The molecule has 2 atom stereocenters. The molecule has 0 aromatic heterocycles. The van der Waals surface area contributed by atoms with E-state index in [-0.39, 0.29) is 5.82 Å². The largest absolute Gasteiger partial charge is 0.380 e. The summed E-state index contributed by atoms with van der Waals surface area (Å²) >= 11 is 3.40. The summed E-state index contributed by atoms with van der Waals surface area (Å²) in [5.41, 5.74) is 0.627. The van der Waals surface area contributed by atoms with Crippen LogP contribution in [0.2, 0.25) is 0 Å². The van der Waals surface area contributed by atoms with Crippen LogP contribution in [0.5, 0.6) is 0 Å². The van der Waals surface area contributed by atoms with E-state index in [0.717, 1.165) is 10.9 Å². The summed E-state index contributed by atoms with van der Waals surface area (Å²) < 4.78 is 14.7. The third kappa shape index (κ3) is 3.25. The van der Waals surface area contributed by atoms with Crippen molar-refractivity contribution in [2.45, 2.75) is 45.6 Å². The Balaban J connectivity index is 2.13. The first-order chi connectivity index (χ1) is 8.58. The summed E-state index contributed by atoms with van der Waals surface area (Å²) in [6.45, 7) is 4.53. The number of rotatable bonds is 3. The molecule has 18 heavy (non-hydrogen) atoms. The van der Waals surface area contributed by atoms with Gasteiger partial charge in [-0.3, -0.25) is 0 Å². The third-order valence-corrected chi connectivity index (χ3v) is 4.44. The van der Waals surface area contributed by atoms with Crippen LogP contribution >= 0.6 is 15.9 Å². The number of anilines is 1. The third-order valence-electron chi connectivity index (χ3n) is 3.95. The summed E-state index contributed by atoms with van der Waals surface area (Å²) in [6, 6.07) is 5.49. The lowest BCUT2D eigenvalue weighted by Crippen LogP contribution is -2.35. The van der Waals surface area contributed by atoms with Crippen molar-refractivity contribution in [2.75, 3.05) is 5.32 Å². The van der Waals surface area contributed by atoms with Crippen molar-refractivity contribution >= 4 is 21.6 Å². The molecule has 1 N–H and O–H groups in total. The lowest BCUT2D eigenvalue weighted by atomic mass is 9.78. The van der Waals surface area contributed by atoms with Crippen molar-refractivity contribution in [3.63, 3.8) is 0 Å². The molecule has 0 radical (unpaired) electrons. The maximum absolute atomic E-state index is 13.8. The van der Waals surface area contributed by atoms with E-state index >= 15 is 0 Å². The lowest BCUT2D eigenvalue weighted by molar-refractivity contribution is 0.253. The second kappa shape index (κ2) is 6.05. The van der Waals surface area contributed by atoms with Gasteiger partial charge in [0.15, 0.2) is 0 Å². The van der Waals surface area contributed by atoms with Crippen LogP contribution in [0.1, 0.15) is 39.5 Å². The number of nitrogens with one attached hydrogen (secondary N) is 1. The fourth-order valence-electron chi connectivity index (χ4n) is 2.94. The van der Waals surface area contributed by atoms with Gasteiger partial charge in [0.25, 0.3) is 0 Å². The number of hydrogen-bond acceptors (Lipinski definition) is 1. The van der Waals surface area contributed by atoms with Crippen molar-refractivity contribution in [2.24, 2.45) is 11.8 Å². The Labute approximate surface area is 117 Å². The second-order valence-electron chi connectivity index (χ2n) is 5.57. The van der Waals surface area contributed by atoms with Crippen molar-refractivity contribution in [1.29, 1.82) is 0 Å². The van der Waals surface area contributed by atoms with Gasteiger partial charge in [-0.05, 0) is 42.9 Å². The van der Waals surface area contributed by atoms with Crippen LogP contribution in [-0.4, -0.2) is 6.04 Å². The van der Waals surface area contributed by atoms with Crippen molar-refractivity contribution in [3.8, 4) is 0 Å². The molecule has 1 aromatic rings. The molecule has 2 unspecified atom stereocenters. The van der Waals surface area contributed by atoms with E-state index in [0.29, 0.717) is 23.6 Å². The maximum atomic E-state index is 13.8. The van der Waals surface area contributed by atoms with Gasteiger partial charge in [0.05, 0.1) is 5.69 Å². The molecule has 1 fully saturated rings. The maximum Gasteiger partial charge on any atom is 0.146 e. The Kier molecular flexibility index (Phi) is 4.66. The van der Waals surface area contributed by atoms with Crippen LogP contribution in [0.25, 0.3) is 0 Å². The molecular formula is C15H21BrFN. The first-order valence-electron chi connectivity index (χ1n) is 6.79. The van der Waals surface area contributed by atoms with Crippen LogP contribution in [-0.2, 0) is 0 Å². The molecule has 1 aliphatic carbocycles. The van der Waals surface area contributed by atoms with E-state index in [1.54, 1.807) is 6.07 Å². The average molecular weight is 314 g/mol. The summed E-state index contributed by atoms with van der Waals surface area (Å²) in [5.74, 6) is 1.14. The summed E-state index contributed by atoms with van der Waals surface area (Å²) in [6.07, 6.45) is 4.96. The minimum absolute atomic E-state index is 0.161. The first-order valence-corrected chi connectivity index (χ1v) is 7.59. The van der Waals surface area contributed by atoms with Crippen LogP contribution < -0.4 is 5.32 Å². The molecule has 100 valence electrons. The molecule has 2 rings (SSSR count). The topological polar surface area (TPSA) is 12.0 Å². The van der Waals surface area contributed by atoms with E-state index in [1.807, 2.05) is 6.07 Å². The summed E-state index contributed by atoms with van der Waals surface area (Å²) in [5, 5.41) is 3.42. The highest BCUT2D eigenvalue weighted by molar-refractivity contribution is 9.10. The van der Waals surface area contributed by atoms with E-state index in [2.05, 4.69) is 35.1 Å². The molecule has 1 saturated carbocycles. The standard InChI is InChI=1S/C15H21BrFN/c1-10(2)12-5-3-4-6-14(12)18-15-9-11(16)7-8-13(15)17/h7-10,12,14,18H,3-6H2,1-2H3. The Hall–Kier alpha value is -0.570. The fraction of sp³-hybridized carbons (Fsp3) is 0.600. The molecule has 0 bridgehead atoms. The van der Waals surface area contributed by atoms with Crippen molar-refractivity contribution < 1.29 is 4.39 Å². The van der Waals surface area contributed by atoms with Gasteiger partial charge in [-0.15, -0.1) is 0 Å². The Morgan fingerprint density at radius 3 is 2.72 bits per heavy atom. The quantitative estimate of drug-likeness (QED) is 0.807. The molecule has 0 spiro atoms. The lowest BCUT2D eigenvalue weighted by Gasteiger charge is -2.35. The van der Waals surface area contributed by atoms with Crippen LogP contribution in [0.3, 0.4) is 0 Å². The summed E-state index contributed by atoms with van der Waals surface area (Å²) in [4.78, 5) is 0. The molecule has 0 aliphatic heterocycles. The fourth-order valence-corrected chi connectivity index (χ4v) is 3.31. The molecule has 0 heterocycles. The van der Waals surface area contributed by atoms with Crippen LogP contribution in [0, 0.1) is 17.7 Å². The predicted octanol–water partition coefficient (Wildman–Crippen LogP) is 5.21. The van der Waals surface area contributed by atoms with Gasteiger partial charge in [-0.2, -0.15) is 0 Å². The Morgan fingerprint density at radius 1 is 1.28 bits per heavy atom. The molecular weight excluding hydrogens is 293 g/mol. The highest BCUT2D eigenvalue weighted by atomic mass is 79.9. The van der Waals surface area contributed by atoms with E-state index in [9.17, 15) is 4.39 Å². The van der Waals surface area contributed by atoms with Gasteiger partial charge in [-0.1, -0.05) is 42.6 Å². The number of halogens is 2. The zero-order valence-corrected chi connectivity index (χ0v) is 12.6. The van der Waals surface area contributed by atoms with Gasteiger partial charge >= 0.3 is 0 Å². The van der Waals surface area contributed by atoms with Crippen molar-refractivity contribution in [3.05, 3.63) is 28.5 Å². The van der Waals surface area contributed by atoms with Gasteiger partial charge in [-0.25, -0.2) is 4.39 Å². The minimum atomic E-state index is -0.161. The van der Waals surface area contributed by atoms with Crippen molar-refractivity contribution in [1.82, 2.24) is 0 Å². The van der Waals surface area contributed by atoms with Gasteiger partial charge < -0.3 is 5.32 Å². The Morgan fingerprint density at radius 2 is 2.00 bits per heavy atom. The molecule has 0 amide bonds. The molecule has 1 aliphatic rings. The number of hydrogen-bond donors (Lipinski definition) is 1. The predicted molar refractivity (Wildman–Crippen MR) is 78.3 cm³/mol. The summed E-state index contributed by atoms with van der Waals surface area (Å²) in [7, 11) is 0. The highest BCUT2D eigenvalue weighted by Gasteiger charge is 2.27. The van der Waals surface area contributed by atoms with Gasteiger partial charge in [0.2, 0.25) is 0 Å². The number of benzene rings is 1. The van der Waals surface area contributed by atoms with Crippen LogP contribution in [0.15, 0.2) is 22.7 Å². The van der Waals surface area contributed by atoms with E-state index < -0.39 is 0 Å². The minimum Gasteiger partial charge on any atom is -0.380 e. The molecule has 3 heteroatoms. The molecule has 0 saturated heterocycles. The average Bonchev–Trinajstić information content (AvgIpc) is 2.34. The zero-order valence-electron chi connectivity index (χ0n) is 11.0. The second-order valence-corrected chi connectivity index (χ2v) is 6.48. The molecule has 1 nitrogen and oxygen atoms in total. The van der Waals surface area contributed by atoms with E-state index in [1.165, 1.54) is 25.3 Å². The SMILES string of the molecule is CC(C)C1CCCCC1Nc1cc(Br)ccc1F. The molecule has 1 aromatic carbocycles. The van der Waals surface area contributed by atoms with Crippen LogP contribution in [0.4, 0.5) is 10.1 Å². The van der Waals surface area contributed by atoms with E-state index in [4.69, 9.17) is 0 Å². The highest BCUT2D eigenvalue weighted by Crippen LogP contribution is 2.33. The Bertz CT molecular complexity index is 405. The monoisotopic (exact) mass is 313 g/mol.